The third-order valence-electron chi connectivity index (χ3n) is 6.45. The third kappa shape index (κ3) is 4.76. The molecular formula is C28H32ClN3O3. The van der Waals surface area contributed by atoms with Gasteiger partial charge in [0.1, 0.15) is 0 Å². The molecule has 0 bridgehead atoms. The Labute approximate surface area is 212 Å². The molecule has 7 heteroatoms. The van der Waals surface area contributed by atoms with Crippen molar-refractivity contribution in [3.05, 3.63) is 76.8 Å². The Bertz CT molecular complexity index is 1200. The van der Waals surface area contributed by atoms with Crippen LogP contribution >= 0.6 is 11.6 Å². The second-order valence-electron chi connectivity index (χ2n) is 8.98. The van der Waals surface area contributed by atoms with Crippen LogP contribution in [0.15, 0.2) is 60.7 Å². The number of amides is 2. The number of nitrogens with zero attached hydrogens (tertiary/aromatic N) is 3. The average Bonchev–Trinajstić information content (AvgIpc) is 2.86. The van der Waals surface area contributed by atoms with Gasteiger partial charge < -0.3 is 14.4 Å². The van der Waals surface area contributed by atoms with Gasteiger partial charge >= 0.3 is 6.03 Å². The summed E-state index contributed by atoms with van der Waals surface area (Å²) in [7, 11) is 7.39. The first kappa shape index (κ1) is 24.7. The van der Waals surface area contributed by atoms with E-state index in [-0.39, 0.29) is 18.2 Å². The van der Waals surface area contributed by atoms with Crippen molar-refractivity contribution in [2.75, 3.05) is 43.0 Å². The lowest BCUT2D eigenvalue weighted by Crippen LogP contribution is -2.48. The molecule has 3 aromatic rings. The number of benzene rings is 3. The number of halogens is 1. The van der Waals surface area contributed by atoms with E-state index in [1.165, 1.54) is 0 Å². The maximum atomic E-state index is 13.8. The summed E-state index contributed by atoms with van der Waals surface area (Å²) in [5.41, 5.74) is 4.55. The molecule has 6 nitrogen and oxygen atoms in total. The van der Waals surface area contributed by atoms with Gasteiger partial charge in [-0.15, -0.1) is 0 Å². The molecule has 0 aliphatic carbocycles. The lowest BCUT2D eigenvalue weighted by atomic mass is 9.92. The highest BCUT2D eigenvalue weighted by molar-refractivity contribution is 6.30. The zero-order valence-corrected chi connectivity index (χ0v) is 21.8. The lowest BCUT2D eigenvalue weighted by molar-refractivity contribution is 0.207. The number of hydrogen-bond donors (Lipinski definition) is 0. The topological polar surface area (TPSA) is 45.3 Å². The number of urea groups is 1. The SMILES string of the molecule is CC[C@@H](C)Oc1cc2c(cc1OC)N(C)C(=O)N(c1ccc(N(C)C)cc1)C2c1ccc(Cl)cc1. The molecule has 3 aromatic carbocycles. The fourth-order valence-corrected chi connectivity index (χ4v) is 4.41. The summed E-state index contributed by atoms with van der Waals surface area (Å²) in [5.74, 6) is 1.26. The Hall–Kier alpha value is -3.38. The van der Waals surface area contributed by atoms with Crippen LogP contribution in [0.1, 0.15) is 37.4 Å². The Morgan fingerprint density at radius 1 is 1.03 bits per heavy atom. The van der Waals surface area contributed by atoms with Crippen molar-refractivity contribution in [2.45, 2.75) is 32.4 Å². The Kier molecular flexibility index (Phi) is 7.13. The van der Waals surface area contributed by atoms with Crippen LogP contribution in [0.3, 0.4) is 0 Å². The molecular weight excluding hydrogens is 462 g/mol. The van der Waals surface area contributed by atoms with E-state index in [1.54, 1.807) is 19.1 Å². The third-order valence-corrected chi connectivity index (χ3v) is 6.71. The monoisotopic (exact) mass is 493 g/mol. The zero-order chi connectivity index (χ0) is 25.3. The van der Waals surface area contributed by atoms with Crippen LogP contribution in [0.5, 0.6) is 11.5 Å². The summed E-state index contributed by atoms with van der Waals surface area (Å²) in [6, 6.07) is 19.0. The summed E-state index contributed by atoms with van der Waals surface area (Å²) >= 11 is 6.21. The highest BCUT2D eigenvalue weighted by Gasteiger charge is 2.39. The van der Waals surface area contributed by atoms with Crippen molar-refractivity contribution in [3.63, 3.8) is 0 Å². The number of rotatable bonds is 7. The largest absolute Gasteiger partial charge is 0.493 e. The van der Waals surface area contributed by atoms with Crippen molar-refractivity contribution in [1.82, 2.24) is 0 Å². The molecule has 1 aliphatic rings. The van der Waals surface area contributed by atoms with Crippen LogP contribution in [0.4, 0.5) is 21.9 Å². The highest BCUT2D eigenvalue weighted by Crippen LogP contribution is 2.47. The maximum Gasteiger partial charge on any atom is 0.329 e. The van der Waals surface area contributed by atoms with Crippen LogP contribution in [0, 0.1) is 0 Å². The summed E-state index contributed by atoms with van der Waals surface area (Å²) in [6.07, 6.45) is 0.886. The smallest absolute Gasteiger partial charge is 0.329 e. The van der Waals surface area contributed by atoms with Gasteiger partial charge in [-0.25, -0.2) is 4.79 Å². The number of anilines is 3. The second-order valence-corrected chi connectivity index (χ2v) is 9.41. The molecule has 2 atom stereocenters. The molecule has 1 unspecified atom stereocenters. The molecule has 0 fully saturated rings. The van der Waals surface area contributed by atoms with Gasteiger partial charge in [0.25, 0.3) is 0 Å². The van der Waals surface area contributed by atoms with E-state index in [1.807, 2.05) is 91.5 Å². The molecule has 1 aliphatic heterocycles. The second kappa shape index (κ2) is 10.1. The number of fused-ring (bicyclic) bond motifs is 1. The van der Waals surface area contributed by atoms with E-state index in [4.69, 9.17) is 21.1 Å². The summed E-state index contributed by atoms with van der Waals surface area (Å²) in [5, 5.41) is 0.644. The molecule has 2 amide bonds. The predicted molar refractivity (Wildman–Crippen MR) is 144 cm³/mol. The Balaban J connectivity index is 1.93. The quantitative estimate of drug-likeness (QED) is 0.365. The molecule has 0 saturated heterocycles. The molecule has 4 rings (SSSR count). The van der Waals surface area contributed by atoms with E-state index in [0.29, 0.717) is 16.5 Å². The minimum Gasteiger partial charge on any atom is -0.493 e. The summed E-state index contributed by atoms with van der Waals surface area (Å²) in [6.45, 7) is 4.11. The van der Waals surface area contributed by atoms with E-state index < -0.39 is 0 Å². The average molecular weight is 494 g/mol. The Morgan fingerprint density at radius 3 is 2.26 bits per heavy atom. The maximum absolute atomic E-state index is 13.8. The summed E-state index contributed by atoms with van der Waals surface area (Å²) in [4.78, 5) is 19.3. The van der Waals surface area contributed by atoms with E-state index >= 15 is 0 Å². The minimum absolute atomic E-state index is 0.0218. The van der Waals surface area contributed by atoms with Gasteiger partial charge in [-0.2, -0.15) is 0 Å². The van der Waals surface area contributed by atoms with Gasteiger partial charge in [0, 0.05) is 49.2 Å². The number of carbonyl (C=O) groups excluding carboxylic acids is 1. The number of methoxy groups -OCH3 is 1. The van der Waals surface area contributed by atoms with Crippen molar-refractivity contribution >= 4 is 34.7 Å². The lowest BCUT2D eigenvalue weighted by Gasteiger charge is -2.42. The predicted octanol–water partition coefficient (Wildman–Crippen LogP) is 6.76. The molecule has 0 aromatic heterocycles. The van der Waals surface area contributed by atoms with Crippen molar-refractivity contribution in [3.8, 4) is 11.5 Å². The van der Waals surface area contributed by atoms with Crippen molar-refractivity contribution in [2.24, 2.45) is 0 Å². The van der Waals surface area contributed by atoms with Gasteiger partial charge in [0.15, 0.2) is 11.5 Å². The van der Waals surface area contributed by atoms with Crippen LogP contribution in [-0.4, -0.2) is 40.4 Å². The fraction of sp³-hybridized carbons (Fsp3) is 0.321. The molecule has 1 heterocycles. The van der Waals surface area contributed by atoms with Gasteiger partial charge in [-0.3, -0.25) is 9.80 Å². The zero-order valence-electron chi connectivity index (χ0n) is 21.1. The molecule has 0 saturated carbocycles. The van der Waals surface area contributed by atoms with Crippen LogP contribution < -0.4 is 24.2 Å². The molecule has 0 spiro atoms. The standard InChI is InChI=1S/C28H32ClN3O3/c1-7-18(2)35-26-16-23-24(17-25(26)34-6)31(5)28(33)32(22-14-12-21(13-15-22)30(3)4)27(23)19-8-10-20(29)11-9-19/h8-18,27H,7H2,1-6H3/t18-,27?/m1/s1. The number of carbonyl (C=O) groups is 1. The first-order chi connectivity index (χ1) is 16.7. The van der Waals surface area contributed by atoms with Gasteiger partial charge in [0.05, 0.1) is 24.9 Å². The molecule has 184 valence electrons. The van der Waals surface area contributed by atoms with E-state index in [9.17, 15) is 4.79 Å². The van der Waals surface area contributed by atoms with Crippen LogP contribution in [-0.2, 0) is 0 Å². The summed E-state index contributed by atoms with van der Waals surface area (Å²) < 4.78 is 11.9. The van der Waals surface area contributed by atoms with Gasteiger partial charge in [-0.1, -0.05) is 30.7 Å². The van der Waals surface area contributed by atoms with Crippen molar-refractivity contribution in [1.29, 1.82) is 0 Å². The first-order valence-corrected chi connectivity index (χ1v) is 12.1. The fourth-order valence-electron chi connectivity index (χ4n) is 4.28. The Morgan fingerprint density at radius 2 is 1.69 bits per heavy atom. The highest BCUT2D eigenvalue weighted by atomic mass is 35.5. The number of hydrogen-bond acceptors (Lipinski definition) is 4. The van der Waals surface area contributed by atoms with Gasteiger partial charge in [-0.05, 0) is 61.4 Å². The van der Waals surface area contributed by atoms with E-state index in [2.05, 4.69) is 6.92 Å². The van der Waals surface area contributed by atoms with Crippen LogP contribution in [0.2, 0.25) is 5.02 Å². The van der Waals surface area contributed by atoms with Crippen molar-refractivity contribution < 1.29 is 14.3 Å². The first-order valence-electron chi connectivity index (χ1n) is 11.7. The van der Waals surface area contributed by atoms with E-state index in [0.717, 1.165) is 34.6 Å². The number of ether oxygens (including phenoxy) is 2. The normalized spacial score (nSPS) is 16.1. The molecule has 0 radical (unpaired) electrons. The molecule has 35 heavy (non-hydrogen) atoms. The minimum atomic E-state index is -0.374. The molecule has 0 N–H and O–H groups in total. The van der Waals surface area contributed by atoms with Gasteiger partial charge in [0.2, 0.25) is 0 Å². The van der Waals surface area contributed by atoms with Crippen LogP contribution in [0.25, 0.3) is 0 Å².